The molecule has 3 rings (SSSR count). The van der Waals surface area contributed by atoms with Gasteiger partial charge in [-0.25, -0.2) is 0 Å². The van der Waals surface area contributed by atoms with E-state index in [2.05, 4.69) is 39.4 Å². The molecule has 1 aromatic heterocycles. The Labute approximate surface area is 131 Å². The molecule has 2 aliphatic rings. The highest BCUT2D eigenvalue weighted by Gasteiger charge is 2.59. The maximum atomic E-state index is 5.90. The molecule has 2 N–H and O–H groups in total. The molecule has 1 heterocycles. The molecule has 116 valence electrons. The Kier molecular flexibility index (Phi) is 4.50. The molecule has 1 spiro atoms. The van der Waals surface area contributed by atoms with E-state index >= 15 is 0 Å². The van der Waals surface area contributed by atoms with Gasteiger partial charge in [0, 0.05) is 31.7 Å². The minimum absolute atomic E-state index is 0.371. The second-order valence-electron chi connectivity index (χ2n) is 6.02. The number of thiophene rings is 1. The number of rotatable bonds is 5. The Hall–Kier alpha value is -1.07. The van der Waals surface area contributed by atoms with Crippen molar-refractivity contribution in [3.63, 3.8) is 0 Å². The van der Waals surface area contributed by atoms with E-state index in [1.54, 1.807) is 11.3 Å². The largest absolute Gasteiger partial charge is 0.378 e. The van der Waals surface area contributed by atoms with Crippen molar-refractivity contribution >= 4 is 17.3 Å². The van der Waals surface area contributed by atoms with Gasteiger partial charge < -0.3 is 15.4 Å². The molecule has 2 unspecified atom stereocenters. The van der Waals surface area contributed by atoms with Crippen molar-refractivity contribution in [3.8, 4) is 0 Å². The maximum absolute atomic E-state index is 5.90. The lowest BCUT2D eigenvalue weighted by atomic mass is 9.51. The minimum Gasteiger partial charge on any atom is -0.378 e. The van der Waals surface area contributed by atoms with E-state index in [4.69, 9.17) is 4.74 Å². The smallest absolute Gasteiger partial charge is 0.191 e. The second kappa shape index (κ2) is 6.36. The van der Waals surface area contributed by atoms with Gasteiger partial charge in [-0.3, -0.25) is 4.99 Å². The zero-order chi connectivity index (χ0) is 14.7. The van der Waals surface area contributed by atoms with Crippen LogP contribution in [0.2, 0.25) is 0 Å². The molecule has 4 nitrogen and oxygen atoms in total. The SMILES string of the molecule is CCOC1CC(NC(=NC)NCc2ccsc2)C12CCC2. The second-order valence-corrected chi connectivity index (χ2v) is 6.80. The summed E-state index contributed by atoms with van der Waals surface area (Å²) in [6, 6.07) is 2.66. The molecule has 21 heavy (non-hydrogen) atoms. The van der Waals surface area contributed by atoms with E-state index in [0.29, 0.717) is 17.6 Å². The molecule has 2 saturated carbocycles. The Morgan fingerprint density at radius 2 is 2.38 bits per heavy atom. The summed E-state index contributed by atoms with van der Waals surface area (Å²) in [4.78, 5) is 4.36. The summed E-state index contributed by atoms with van der Waals surface area (Å²) in [5, 5.41) is 11.3. The summed E-state index contributed by atoms with van der Waals surface area (Å²) >= 11 is 1.73. The normalized spacial score (nSPS) is 27.0. The zero-order valence-electron chi connectivity index (χ0n) is 12.9. The highest BCUT2D eigenvalue weighted by atomic mass is 32.1. The lowest BCUT2D eigenvalue weighted by Gasteiger charge is -2.61. The van der Waals surface area contributed by atoms with Crippen LogP contribution in [0.25, 0.3) is 0 Å². The average Bonchev–Trinajstić information content (AvgIpc) is 2.92. The third kappa shape index (κ3) is 2.81. The first-order valence-corrected chi connectivity index (χ1v) is 8.82. The average molecular weight is 307 g/mol. The summed E-state index contributed by atoms with van der Waals surface area (Å²) in [6.07, 6.45) is 5.47. The van der Waals surface area contributed by atoms with Gasteiger partial charge in [0.1, 0.15) is 0 Å². The van der Waals surface area contributed by atoms with Gasteiger partial charge in [-0.1, -0.05) is 6.42 Å². The number of hydrogen-bond donors (Lipinski definition) is 2. The molecule has 0 saturated heterocycles. The third-order valence-electron chi connectivity index (χ3n) is 5.01. The van der Waals surface area contributed by atoms with Gasteiger partial charge in [0.15, 0.2) is 5.96 Å². The van der Waals surface area contributed by atoms with E-state index in [-0.39, 0.29) is 0 Å². The quantitative estimate of drug-likeness (QED) is 0.649. The van der Waals surface area contributed by atoms with Crippen LogP contribution < -0.4 is 10.6 Å². The fourth-order valence-electron chi connectivity index (χ4n) is 3.58. The number of hydrogen-bond acceptors (Lipinski definition) is 3. The fraction of sp³-hybridized carbons (Fsp3) is 0.688. The molecule has 2 atom stereocenters. The van der Waals surface area contributed by atoms with E-state index < -0.39 is 0 Å². The predicted octanol–water partition coefficient (Wildman–Crippen LogP) is 2.76. The minimum atomic E-state index is 0.371. The van der Waals surface area contributed by atoms with Crippen LogP contribution in [0, 0.1) is 5.41 Å². The number of ether oxygens (including phenoxy) is 1. The van der Waals surface area contributed by atoms with Gasteiger partial charge in [0.25, 0.3) is 0 Å². The zero-order valence-corrected chi connectivity index (χ0v) is 13.7. The molecule has 2 fully saturated rings. The topological polar surface area (TPSA) is 45.6 Å². The van der Waals surface area contributed by atoms with Crippen LogP contribution in [-0.2, 0) is 11.3 Å². The molecule has 0 aromatic carbocycles. The highest BCUT2D eigenvalue weighted by molar-refractivity contribution is 7.07. The Balaban J connectivity index is 1.53. The standard InChI is InChI=1S/C16H25N3OS/c1-3-20-14-9-13(16(14)6-4-7-16)19-15(17-2)18-10-12-5-8-21-11-12/h5,8,11,13-14H,3-4,6-7,9-10H2,1-2H3,(H2,17,18,19). The van der Waals surface area contributed by atoms with Gasteiger partial charge in [0.05, 0.1) is 6.10 Å². The van der Waals surface area contributed by atoms with Crippen LogP contribution >= 0.6 is 11.3 Å². The lowest BCUT2D eigenvalue weighted by molar-refractivity contribution is -0.168. The van der Waals surface area contributed by atoms with Crippen LogP contribution in [-0.4, -0.2) is 31.8 Å². The molecular formula is C16H25N3OS. The van der Waals surface area contributed by atoms with Crippen LogP contribution in [0.1, 0.15) is 38.2 Å². The molecule has 0 bridgehead atoms. The van der Waals surface area contributed by atoms with E-state index in [1.807, 2.05) is 7.05 Å². The first-order chi connectivity index (χ1) is 10.3. The Bertz CT molecular complexity index is 482. The maximum Gasteiger partial charge on any atom is 0.191 e. The van der Waals surface area contributed by atoms with Gasteiger partial charge in [-0.15, -0.1) is 0 Å². The van der Waals surface area contributed by atoms with E-state index in [1.165, 1.54) is 24.8 Å². The summed E-state index contributed by atoms with van der Waals surface area (Å²) in [7, 11) is 1.84. The summed E-state index contributed by atoms with van der Waals surface area (Å²) in [6.45, 7) is 3.75. The van der Waals surface area contributed by atoms with E-state index in [9.17, 15) is 0 Å². The van der Waals surface area contributed by atoms with Crippen molar-refractivity contribution in [2.24, 2.45) is 10.4 Å². The first-order valence-electron chi connectivity index (χ1n) is 7.88. The third-order valence-corrected chi connectivity index (χ3v) is 5.74. The van der Waals surface area contributed by atoms with Crippen molar-refractivity contribution in [3.05, 3.63) is 22.4 Å². The Morgan fingerprint density at radius 3 is 2.95 bits per heavy atom. The first kappa shape index (κ1) is 14.9. The Morgan fingerprint density at radius 1 is 1.52 bits per heavy atom. The molecule has 5 heteroatoms. The fourth-order valence-corrected chi connectivity index (χ4v) is 4.25. The predicted molar refractivity (Wildman–Crippen MR) is 87.8 cm³/mol. The van der Waals surface area contributed by atoms with Crippen molar-refractivity contribution in [2.45, 2.75) is 51.3 Å². The van der Waals surface area contributed by atoms with Crippen LogP contribution in [0.5, 0.6) is 0 Å². The number of nitrogens with zero attached hydrogens (tertiary/aromatic N) is 1. The van der Waals surface area contributed by atoms with Crippen LogP contribution in [0.15, 0.2) is 21.8 Å². The van der Waals surface area contributed by atoms with Gasteiger partial charge in [-0.2, -0.15) is 11.3 Å². The van der Waals surface area contributed by atoms with Crippen molar-refractivity contribution in [2.75, 3.05) is 13.7 Å². The summed E-state index contributed by atoms with van der Waals surface area (Å²) in [5.74, 6) is 0.910. The monoisotopic (exact) mass is 307 g/mol. The van der Waals surface area contributed by atoms with Gasteiger partial charge in [-0.05, 0) is 48.6 Å². The van der Waals surface area contributed by atoms with Crippen molar-refractivity contribution in [1.82, 2.24) is 10.6 Å². The number of guanidine groups is 1. The molecule has 0 radical (unpaired) electrons. The van der Waals surface area contributed by atoms with Crippen molar-refractivity contribution < 1.29 is 4.74 Å². The van der Waals surface area contributed by atoms with Gasteiger partial charge >= 0.3 is 0 Å². The van der Waals surface area contributed by atoms with Crippen molar-refractivity contribution in [1.29, 1.82) is 0 Å². The molecule has 0 aliphatic heterocycles. The molecule has 1 aromatic rings. The molecular weight excluding hydrogens is 282 g/mol. The molecule has 2 aliphatic carbocycles. The van der Waals surface area contributed by atoms with Crippen LogP contribution in [0.4, 0.5) is 0 Å². The number of nitrogens with one attached hydrogen (secondary N) is 2. The van der Waals surface area contributed by atoms with Gasteiger partial charge in [0.2, 0.25) is 0 Å². The van der Waals surface area contributed by atoms with E-state index in [0.717, 1.165) is 25.5 Å². The number of aliphatic imine (C=N–C) groups is 1. The highest BCUT2D eigenvalue weighted by Crippen LogP contribution is 2.57. The lowest BCUT2D eigenvalue weighted by Crippen LogP contribution is -2.68. The summed E-state index contributed by atoms with van der Waals surface area (Å²) in [5.41, 5.74) is 1.68. The van der Waals surface area contributed by atoms with Crippen LogP contribution in [0.3, 0.4) is 0 Å². The molecule has 0 amide bonds. The summed E-state index contributed by atoms with van der Waals surface area (Å²) < 4.78 is 5.90.